The fraction of sp³-hybridized carbons (Fsp3) is 0.462. The summed E-state index contributed by atoms with van der Waals surface area (Å²) in [5.41, 5.74) is 0.648. The van der Waals surface area contributed by atoms with Crippen LogP contribution in [0.15, 0.2) is 42.5 Å². The molecule has 1 atom stereocenters. The van der Waals surface area contributed by atoms with Gasteiger partial charge in [-0.15, -0.1) is 0 Å². The first-order valence-corrected chi connectivity index (χ1v) is 11.6. The van der Waals surface area contributed by atoms with E-state index in [9.17, 15) is 23.1 Å². The molecule has 0 aromatic heterocycles. The molecule has 8 heteroatoms. The first-order chi connectivity index (χ1) is 16.2. The van der Waals surface area contributed by atoms with Crippen LogP contribution in [0.4, 0.5) is 18.9 Å². The number of benzene rings is 2. The zero-order valence-electron chi connectivity index (χ0n) is 19.1. The number of nitriles is 1. The Morgan fingerprint density at radius 1 is 1.18 bits per heavy atom. The maximum Gasteiger partial charge on any atom is 0.417 e. The molecule has 2 aromatic rings. The van der Waals surface area contributed by atoms with Crippen LogP contribution in [0.1, 0.15) is 46.8 Å². The van der Waals surface area contributed by atoms with Gasteiger partial charge in [-0.2, -0.15) is 18.4 Å². The second-order valence-electron chi connectivity index (χ2n) is 9.30. The molecule has 1 spiro atoms. The molecule has 180 valence electrons. The van der Waals surface area contributed by atoms with E-state index in [4.69, 9.17) is 5.26 Å². The lowest BCUT2D eigenvalue weighted by Gasteiger charge is -2.43. The van der Waals surface area contributed by atoms with Gasteiger partial charge in [0.2, 0.25) is 0 Å². The molecule has 34 heavy (non-hydrogen) atoms. The summed E-state index contributed by atoms with van der Waals surface area (Å²) in [6.45, 7) is 4.07. The van der Waals surface area contributed by atoms with Gasteiger partial charge in [-0.1, -0.05) is 19.1 Å². The number of amides is 1. The molecule has 5 nitrogen and oxygen atoms in total. The predicted octanol–water partition coefficient (Wildman–Crippen LogP) is 4.49. The monoisotopic (exact) mass is 471 g/mol. The van der Waals surface area contributed by atoms with Crippen molar-refractivity contribution < 1.29 is 23.1 Å². The van der Waals surface area contributed by atoms with Crippen LogP contribution in [-0.2, 0) is 12.6 Å². The first kappa shape index (κ1) is 24.1. The number of aliphatic hydroxyl groups is 1. The molecule has 4 rings (SSSR count). The number of hydrogen-bond acceptors (Lipinski definition) is 4. The smallest absolute Gasteiger partial charge is 0.396 e. The Morgan fingerprint density at radius 2 is 1.85 bits per heavy atom. The number of carbonyl (C=O) groups is 1. The lowest BCUT2D eigenvalue weighted by molar-refractivity contribution is -0.137. The molecule has 1 N–H and O–H groups in total. The topological polar surface area (TPSA) is 67.6 Å². The molecule has 2 aliphatic rings. The van der Waals surface area contributed by atoms with Crippen molar-refractivity contribution in [2.75, 3.05) is 37.7 Å². The van der Waals surface area contributed by atoms with Crippen molar-refractivity contribution in [3.05, 3.63) is 64.7 Å². The number of rotatable bonds is 4. The quantitative estimate of drug-likeness (QED) is 0.714. The first-order valence-electron chi connectivity index (χ1n) is 11.6. The molecular formula is C26H28F3N3O2. The van der Waals surface area contributed by atoms with E-state index < -0.39 is 11.7 Å². The average Bonchev–Trinajstić information content (AvgIpc) is 3.21. The zero-order valence-corrected chi connectivity index (χ0v) is 19.1. The van der Waals surface area contributed by atoms with Crippen LogP contribution in [0.2, 0.25) is 0 Å². The highest BCUT2D eigenvalue weighted by Gasteiger charge is 2.49. The molecule has 0 aliphatic carbocycles. The van der Waals surface area contributed by atoms with Crippen LogP contribution < -0.4 is 4.90 Å². The van der Waals surface area contributed by atoms with E-state index in [1.165, 1.54) is 6.07 Å². The molecule has 1 amide bonds. The van der Waals surface area contributed by atoms with Gasteiger partial charge in [-0.25, -0.2) is 0 Å². The highest BCUT2D eigenvalue weighted by molar-refractivity contribution is 5.94. The van der Waals surface area contributed by atoms with Gasteiger partial charge in [0, 0.05) is 50.0 Å². The molecule has 0 radical (unpaired) electrons. The van der Waals surface area contributed by atoms with Gasteiger partial charge in [-0.3, -0.25) is 4.79 Å². The normalized spacial score (nSPS) is 19.9. The van der Waals surface area contributed by atoms with Crippen molar-refractivity contribution in [2.45, 2.75) is 32.4 Å². The van der Waals surface area contributed by atoms with Crippen molar-refractivity contribution >= 4 is 11.6 Å². The van der Waals surface area contributed by atoms with Crippen LogP contribution in [0.5, 0.6) is 0 Å². The third-order valence-electron chi connectivity index (χ3n) is 7.48. The number of aliphatic hydroxyl groups excluding tert-OH is 1. The molecule has 2 fully saturated rings. The van der Waals surface area contributed by atoms with E-state index in [1.54, 1.807) is 17.0 Å². The summed E-state index contributed by atoms with van der Waals surface area (Å²) < 4.78 is 40.2. The van der Waals surface area contributed by atoms with Gasteiger partial charge >= 0.3 is 6.18 Å². The summed E-state index contributed by atoms with van der Waals surface area (Å²) in [5.74, 6) is -0.123. The fourth-order valence-electron chi connectivity index (χ4n) is 5.34. The van der Waals surface area contributed by atoms with E-state index in [0.29, 0.717) is 50.3 Å². The second-order valence-corrected chi connectivity index (χ2v) is 9.30. The van der Waals surface area contributed by atoms with E-state index >= 15 is 0 Å². The van der Waals surface area contributed by atoms with Crippen LogP contribution in [-0.4, -0.2) is 48.7 Å². The number of likely N-dealkylation sites (tertiary alicyclic amines) is 1. The predicted molar refractivity (Wildman–Crippen MR) is 122 cm³/mol. The molecule has 0 bridgehead atoms. The Kier molecular flexibility index (Phi) is 6.59. The van der Waals surface area contributed by atoms with Crippen molar-refractivity contribution in [3.8, 4) is 6.07 Å². The lowest BCUT2D eigenvalue weighted by atomic mass is 9.71. The Hall–Kier alpha value is -3.05. The Balaban J connectivity index is 1.48. The van der Waals surface area contributed by atoms with Crippen molar-refractivity contribution in [1.82, 2.24) is 4.90 Å². The number of nitrogens with zero attached hydrogens (tertiary/aromatic N) is 3. The SMILES string of the molecule is CCc1ccc(C(=O)N2CC(CO)C3(CCN(c4ccc(C#N)c(C(F)(F)F)c4)CC3)C2)cc1. The lowest BCUT2D eigenvalue weighted by Crippen LogP contribution is -2.45. The maximum absolute atomic E-state index is 13.4. The molecule has 2 aliphatic heterocycles. The number of aryl methyl sites for hydroxylation is 1. The summed E-state index contributed by atoms with van der Waals surface area (Å²) in [4.78, 5) is 16.8. The van der Waals surface area contributed by atoms with Gasteiger partial charge in [0.1, 0.15) is 0 Å². The second kappa shape index (κ2) is 9.30. The average molecular weight is 472 g/mol. The number of hydrogen-bond donors (Lipinski definition) is 1. The molecule has 0 saturated carbocycles. The number of anilines is 1. The van der Waals surface area contributed by atoms with Crippen LogP contribution >= 0.6 is 0 Å². The van der Waals surface area contributed by atoms with E-state index in [2.05, 4.69) is 6.92 Å². The van der Waals surface area contributed by atoms with Crippen LogP contribution in [0, 0.1) is 22.7 Å². The van der Waals surface area contributed by atoms with Gasteiger partial charge in [0.25, 0.3) is 5.91 Å². The zero-order chi connectivity index (χ0) is 24.5. The Labute approximate surface area is 197 Å². The fourth-order valence-corrected chi connectivity index (χ4v) is 5.34. The summed E-state index contributed by atoms with van der Waals surface area (Å²) in [7, 11) is 0. The molecule has 2 saturated heterocycles. The third-order valence-corrected chi connectivity index (χ3v) is 7.48. The van der Waals surface area contributed by atoms with Gasteiger partial charge in [0.05, 0.1) is 17.2 Å². The minimum atomic E-state index is -4.60. The standard InChI is InChI=1S/C26H28F3N3O2/c1-2-18-3-5-19(6-4-18)24(34)32-15-21(16-33)25(17-32)9-11-31(12-10-25)22-8-7-20(14-30)23(13-22)26(27,28)29/h3-8,13,21,33H,2,9-12,15-17H2,1H3. The highest BCUT2D eigenvalue weighted by Crippen LogP contribution is 2.46. The maximum atomic E-state index is 13.4. The molecule has 2 heterocycles. The van der Waals surface area contributed by atoms with E-state index in [-0.39, 0.29) is 29.4 Å². The van der Waals surface area contributed by atoms with Gasteiger partial charge in [-0.05, 0) is 60.6 Å². The van der Waals surface area contributed by atoms with E-state index in [1.807, 2.05) is 29.2 Å². The number of alkyl halides is 3. The molecule has 2 aromatic carbocycles. The third kappa shape index (κ3) is 4.49. The Morgan fingerprint density at radius 3 is 2.41 bits per heavy atom. The number of halogens is 3. The Bertz CT molecular complexity index is 1080. The summed E-state index contributed by atoms with van der Waals surface area (Å²) >= 11 is 0. The minimum absolute atomic E-state index is 0.0341. The largest absolute Gasteiger partial charge is 0.417 e. The summed E-state index contributed by atoms with van der Waals surface area (Å²) in [5, 5.41) is 19.1. The number of piperidine rings is 1. The molecule has 1 unspecified atom stereocenters. The summed E-state index contributed by atoms with van der Waals surface area (Å²) in [6.07, 6.45) is -2.37. The van der Waals surface area contributed by atoms with Crippen molar-refractivity contribution in [1.29, 1.82) is 5.26 Å². The minimum Gasteiger partial charge on any atom is -0.396 e. The highest BCUT2D eigenvalue weighted by atomic mass is 19.4. The van der Waals surface area contributed by atoms with Crippen LogP contribution in [0.3, 0.4) is 0 Å². The molecular weight excluding hydrogens is 443 g/mol. The van der Waals surface area contributed by atoms with Crippen LogP contribution in [0.25, 0.3) is 0 Å². The van der Waals surface area contributed by atoms with Gasteiger partial charge < -0.3 is 14.9 Å². The van der Waals surface area contributed by atoms with E-state index in [0.717, 1.165) is 18.1 Å². The van der Waals surface area contributed by atoms with Crippen molar-refractivity contribution in [2.24, 2.45) is 11.3 Å². The van der Waals surface area contributed by atoms with Gasteiger partial charge in [0.15, 0.2) is 0 Å². The summed E-state index contributed by atoms with van der Waals surface area (Å²) in [6, 6.07) is 13.0. The number of carbonyl (C=O) groups excluding carboxylic acids is 1. The van der Waals surface area contributed by atoms with Crippen molar-refractivity contribution in [3.63, 3.8) is 0 Å².